The van der Waals surface area contributed by atoms with Crippen molar-refractivity contribution in [2.45, 2.75) is 11.4 Å². The third kappa shape index (κ3) is 3.65. The molecule has 0 aliphatic rings. The summed E-state index contributed by atoms with van der Waals surface area (Å²) in [6, 6.07) is 11.6. The minimum Gasteiger partial charge on any atom is -0.496 e. The Hall–Kier alpha value is -3.07. The third-order valence-electron chi connectivity index (χ3n) is 4.59. The molecule has 0 unspecified atom stereocenters. The standard InChI is InChI=1S/C19H21N3O5S/c1-21-15-9-8-14(10-16(15)22(2)19(21)24)28(25,26)12-18(23)20-11-13-6-4-5-7-17(13)27-3/h4-10H,11-12H2,1-3H3,(H,20,23). The molecular weight excluding hydrogens is 382 g/mol. The maximum atomic E-state index is 12.6. The maximum absolute atomic E-state index is 12.6. The van der Waals surface area contributed by atoms with Gasteiger partial charge in [-0.1, -0.05) is 18.2 Å². The van der Waals surface area contributed by atoms with Crippen molar-refractivity contribution in [1.29, 1.82) is 0 Å². The van der Waals surface area contributed by atoms with Gasteiger partial charge in [-0.25, -0.2) is 13.2 Å². The van der Waals surface area contributed by atoms with Crippen LogP contribution < -0.4 is 15.7 Å². The normalized spacial score (nSPS) is 11.5. The van der Waals surface area contributed by atoms with Crippen LogP contribution in [0.4, 0.5) is 0 Å². The van der Waals surface area contributed by atoms with E-state index in [0.717, 1.165) is 5.56 Å². The van der Waals surface area contributed by atoms with Gasteiger partial charge in [-0.2, -0.15) is 0 Å². The van der Waals surface area contributed by atoms with Gasteiger partial charge in [-0.15, -0.1) is 0 Å². The van der Waals surface area contributed by atoms with Crippen molar-refractivity contribution in [2.24, 2.45) is 14.1 Å². The van der Waals surface area contributed by atoms with Crippen molar-refractivity contribution >= 4 is 26.8 Å². The first kappa shape index (κ1) is 19.7. The number of rotatable bonds is 6. The van der Waals surface area contributed by atoms with Gasteiger partial charge < -0.3 is 10.1 Å². The summed E-state index contributed by atoms with van der Waals surface area (Å²) in [5.41, 5.74) is 1.60. The molecule has 1 N–H and O–H groups in total. The molecule has 148 valence electrons. The van der Waals surface area contributed by atoms with Crippen LogP contribution in [0.2, 0.25) is 0 Å². The fourth-order valence-corrected chi connectivity index (χ4v) is 4.21. The number of methoxy groups -OCH3 is 1. The molecule has 0 aliphatic carbocycles. The fraction of sp³-hybridized carbons (Fsp3) is 0.263. The number of carbonyl (C=O) groups excluding carboxylic acids is 1. The molecule has 1 heterocycles. The number of sulfone groups is 1. The first-order valence-electron chi connectivity index (χ1n) is 8.51. The van der Waals surface area contributed by atoms with E-state index in [1.54, 1.807) is 38.4 Å². The lowest BCUT2D eigenvalue weighted by molar-refractivity contribution is -0.118. The SMILES string of the molecule is COc1ccccc1CNC(=O)CS(=O)(=O)c1ccc2c(c1)n(C)c(=O)n2C. The highest BCUT2D eigenvalue weighted by Crippen LogP contribution is 2.19. The Balaban J connectivity index is 1.78. The maximum Gasteiger partial charge on any atom is 0.328 e. The first-order chi connectivity index (χ1) is 13.2. The summed E-state index contributed by atoms with van der Waals surface area (Å²) in [5.74, 6) is -0.692. The van der Waals surface area contributed by atoms with E-state index in [-0.39, 0.29) is 17.1 Å². The lowest BCUT2D eigenvalue weighted by atomic mass is 10.2. The molecule has 0 atom stereocenters. The van der Waals surface area contributed by atoms with Crippen molar-refractivity contribution < 1.29 is 17.9 Å². The van der Waals surface area contributed by atoms with Crippen LogP contribution in [-0.4, -0.2) is 36.3 Å². The molecule has 0 saturated heterocycles. The molecule has 0 aliphatic heterocycles. The molecule has 2 aromatic carbocycles. The third-order valence-corrected chi connectivity index (χ3v) is 6.21. The van der Waals surface area contributed by atoms with Gasteiger partial charge in [0.15, 0.2) is 9.84 Å². The number of aromatic nitrogens is 2. The number of imidazole rings is 1. The molecule has 8 nitrogen and oxygen atoms in total. The van der Waals surface area contributed by atoms with Crippen molar-refractivity contribution in [1.82, 2.24) is 14.5 Å². The fourth-order valence-electron chi connectivity index (χ4n) is 3.03. The van der Waals surface area contributed by atoms with Gasteiger partial charge >= 0.3 is 5.69 Å². The van der Waals surface area contributed by atoms with Crippen LogP contribution in [0.25, 0.3) is 11.0 Å². The highest BCUT2D eigenvalue weighted by Gasteiger charge is 2.21. The average Bonchev–Trinajstić information content (AvgIpc) is 2.90. The van der Waals surface area contributed by atoms with E-state index in [0.29, 0.717) is 16.8 Å². The zero-order chi connectivity index (χ0) is 20.5. The van der Waals surface area contributed by atoms with E-state index in [1.807, 2.05) is 6.07 Å². The van der Waals surface area contributed by atoms with Gasteiger partial charge in [-0.3, -0.25) is 13.9 Å². The number of aryl methyl sites for hydroxylation is 2. The second-order valence-corrected chi connectivity index (χ2v) is 8.39. The minimum atomic E-state index is -3.86. The van der Waals surface area contributed by atoms with E-state index in [4.69, 9.17) is 4.74 Å². The van der Waals surface area contributed by atoms with Gasteiger partial charge in [0.05, 0.1) is 23.0 Å². The van der Waals surface area contributed by atoms with Crippen LogP contribution >= 0.6 is 0 Å². The lowest BCUT2D eigenvalue weighted by Gasteiger charge is -2.10. The Morgan fingerprint density at radius 3 is 2.46 bits per heavy atom. The number of fused-ring (bicyclic) bond motifs is 1. The zero-order valence-corrected chi connectivity index (χ0v) is 16.6. The van der Waals surface area contributed by atoms with Crippen molar-refractivity contribution in [3.05, 3.63) is 58.5 Å². The van der Waals surface area contributed by atoms with E-state index >= 15 is 0 Å². The molecule has 1 aromatic heterocycles. The van der Waals surface area contributed by atoms with E-state index in [9.17, 15) is 18.0 Å². The Kier molecular flexibility index (Phi) is 5.28. The molecule has 0 spiro atoms. The number of hydrogen-bond acceptors (Lipinski definition) is 5. The van der Waals surface area contributed by atoms with Crippen LogP contribution in [0.1, 0.15) is 5.56 Å². The number of benzene rings is 2. The summed E-state index contributed by atoms with van der Waals surface area (Å²) in [7, 11) is 0.852. The number of hydrogen-bond donors (Lipinski definition) is 1. The summed E-state index contributed by atoms with van der Waals surface area (Å²) in [4.78, 5) is 24.2. The Labute approximate surface area is 162 Å². The lowest BCUT2D eigenvalue weighted by Crippen LogP contribution is -2.30. The number of nitrogens with one attached hydrogen (secondary N) is 1. The molecule has 1 amide bonds. The molecule has 0 saturated carbocycles. The van der Waals surface area contributed by atoms with Gasteiger partial charge in [0.25, 0.3) is 0 Å². The largest absolute Gasteiger partial charge is 0.496 e. The second-order valence-electron chi connectivity index (χ2n) is 6.40. The van der Waals surface area contributed by atoms with E-state index < -0.39 is 21.5 Å². The van der Waals surface area contributed by atoms with Gasteiger partial charge in [-0.05, 0) is 24.3 Å². The molecular formula is C19H21N3O5S. The average molecular weight is 403 g/mol. The molecule has 0 bridgehead atoms. The number of nitrogens with zero attached hydrogens (tertiary/aromatic N) is 2. The Morgan fingerprint density at radius 2 is 1.75 bits per heavy atom. The minimum absolute atomic E-state index is 0.00589. The van der Waals surface area contributed by atoms with Crippen LogP contribution in [0.3, 0.4) is 0 Å². The van der Waals surface area contributed by atoms with Gasteiger partial charge in [0, 0.05) is 26.2 Å². The number of amides is 1. The highest BCUT2D eigenvalue weighted by molar-refractivity contribution is 7.92. The van der Waals surface area contributed by atoms with Crippen LogP contribution in [-0.2, 0) is 35.3 Å². The van der Waals surface area contributed by atoms with Gasteiger partial charge in [0.1, 0.15) is 11.5 Å². The smallest absolute Gasteiger partial charge is 0.328 e. The van der Waals surface area contributed by atoms with Crippen LogP contribution in [0, 0.1) is 0 Å². The Bertz CT molecular complexity index is 1210. The quantitative estimate of drug-likeness (QED) is 0.661. The molecule has 28 heavy (non-hydrogen) atoms. The number of ether oxygens (including phenoxy) is 1. The monoisotopic (exact) mass is 403 g/mol. The zero-order valence-electron chi connectivity index (χ0n) is 15.8. The van der Waals surface area contributed by atoms with Crippen LogP contribution in [0.5, 0.6) is 5.75 Å². The van der Waals surface area contributed by atoms with Crippen molar-refractivity contribution in [2.75, 3.05) is 12.9 Å². The summed E-state index contributed by atoms with van der Waals surface area (Å²) < 4.78 is 33.3. The highest BCUT2D eigenvalue weighted by atomic mass is 32.2. The summed E-state index contributed by atoms with van der Waals surface area (Å²) in [6.07, 6.45) is 0. The first-order valence-corrected chi connectivity index (χ1v) is 10.2. The van der Waals surface area contributed by atoms with E-state index in [1.165, 1.54) is 28.4 Å². The van der Waals surface area contributed by atoms with Crippen molar-refractivity contribution in [3.63, 3.8) is 0 Å². The number of para-hydroxylation sites is 1. The molecule has 3 aromatic rings. The summed E-state index contributed by atoms with van der Waals surface area (Å²) in [6.45, 7) is 0.157. The van der Waals surface area contributed by atoms with E-state index in [2.05, 4.69) is 5.32 Å². The predicted molar refractivity (Wildman–Crippen MR) is 105 cm³/mol. The summed E-state index contributed by atoms with van der Waals surface area (Å²) >= 11 is 0. The second kappa shape index (κ2) is 7.51. The molecule has 0 radical (unpaired) electrons. The molecule has 0 fully saturated rings. The van der Waals surface area contributed by atoms with Crippen LogP contribution in [0.15, 0.2) is 52.2 Å². The molecule has 3 rings (SSSR count). The van der Waals surface area contributed by atoms with Crippen molar-refractivity contribution in [3.8, 4) is 5.75 Å². The Morgan fingerprint density at radius 1 is 1.07 bits per heavy atom. The van der Waals surface area contributed by atoms with Gasteiger partial charge in [0.2, 0.25) is 5.91 Å². The number of carbonyl (C=O) groups is 1. The molecule has 9 heteroatoms. The summed E-state index contributed by atoms with van der Waals surface area (Å²) in [5, 5.41) is 2.60. The topological polar surface area (TPSA) is 99.4 Å². The predicted octanol–water partition coefficient (Wildman–Crippen LogP) is 0.976.